The third-order valence-corrected chi connectivity index (χ3v) is 7.15. The molecule has 7 nitrogen and oxygen atoms in total. The Morgan fingerprint density at radius 3 is 2.42 bits per heavy atom. The number of benzene rings is 1. The molecule has 1 amide bonds. The lowest BCUT2D eigenvalue weighted by Crippen LogP contribution is -2.34. The summed E-state index contributed by atoms with van der Waals surface area (Å²) in [4.78, 5) is 23.6. The second-order valence-electron chi connectivity index (χ2n) is 5.00. The molecule has 0 spiro atoms. The molecule has 0 bridgehead atoms. The zero-order valence-corrected chi connectivity index (χ0v) is 20.1. The average molecular weight is 729 g/mol. The van der Waals surface area contributed by atoms with Gasteiger partial charge in [0.1, 0.15) is 5.75 Å². The van der Waals surface area contributed by atoms with Crippen LogP contribution in [0.2, 0.25) is 0 Å². The molecule has 1 aromatic rings. The van der Waals surface area contributed by atoms with Gasteiger partial charge in [0.05, 0.1) is 12.0 Å². The van der Waals surface area contributed by atoms with Crippen molar-refractivity contribution in [3.63, 3.8) is 0 Å². The van der Waals surface area contributed by atoms with Crippen molar-refractivity contribution in [1.82, 2.24) is 5.32 Å². The number of alkyl halides is 2. The number of nitrogens with one attached hydrogen (secondary N) is 1. The summed E-state index contributed by atoms with van der Waals surface area (Å²) < 4.78 is 62.4. The summed E-state index contributed by atoms with van der Waals surface area (Å²) in [6.45, 7) is -1.62. The minimum atomic E-state index is -4.90. The maximum Gasteiger partial charge on any atom is 0.307 e. The van der Waals surface area contributed by atoms with Crippen LogP contribution in [0.1, 0.15) is 16.8 Å². The van der Waals surface area contributed by atoms with Crippen molar-refractivity contribution in [2.45, 2.75) is 12.3 Å². The fourth-order valence-electron chi connectivity index (χ4n) is 1.66. The van der Waals surface area contributed by atoms with Crippen molar-refractivity contribution in [2.24, 2.45) is 0 Å². The third-order valence-electron chi connectivity index (χ3n) is 2.69. The summed E-state index contributed by atoms with van der Waals surface area (Å²) in [6.07, 6.45) is -0.370. The summed E-state index contributed by atoms with van der Waals surface area (Å²) in [5.41, 5.74) is 0.426. The van der Waals surface area contributed by atoms with Crippen LogP contribution in [0.25, 0.3) is 0 Å². The molecule has 0 unspecified atom stereocenters. The molecule has 0 saturated carbocycles. The average Bonchev–Trinajstić information content (AvgIpc) is 2.46. The van der Waals surface area contributed by atoms with Gasteiger partial charge in [0.2, 0.25) is 0 Å². The molecule has 13 heteroatoms. The Balaban J connectivity index is 2.48. The predicted molar refractivity (Wildman–Crippen MR) is 114 cm³/mol. The van der Waals surface area contributed by atoms with Crippen LogP contribution in [-0.2, 0) is 19.6 Å². The minimum absolute atomic E-state index is 0.139. The van der Waals surface area contributed by atoms with Crippen LogP contribution in [0.15, 0.2) is 12.1 Å². The van der Waals surface area contributed by atoms with Gasteiger partial charge in [-0.1, -0.05) is 0 Å². The monoisotopic (exact) mass is 729 g/mol. The van der Waals surface area contributed by atoms with E-state index in [1.165, 1.54) is 0 Å². The summed E-state index contributed by atoms with van der Waals surface area (Å²) in [7, 11) is -4.90. The van der Waals surface area contributed by atoms with Gasteiger partial charge in [-0.25, -0.2) is 8.78 Å². The van der Waals surface area contributed by atoms with Crippen LogP contribution in [0.3, 0.4) is 0 Å². The van der Waals surface area contributed by atoms with Crippen molar-refractivity contribution < 1.29 is 36.1 Å². The highest BCUT2D eigenvalue weighted by Crippen LogP contribution is 2.22. The molecular weight excluding hydrogens is 717 g/mol. The topological polar surface area (TPSA) is 110 Å². The second-order valence-corrected chi connectivity index (χ2v) is 9.94. The zero-order valence-electron chi connectivity index (χ0n) is 12.8. The Morgan fingerprint density at radius 2 is 1.85 bits per heavy atom. The van der Waals surface area contributed by atoms with E-state index >= 15 is 0 Å². The Kier molecular flexibility index (Phi) is 9.34. The highest BCUT2D eigenvalue weighted by molar-refractivity contribution is 14.1. The van der Waals surface area contributed by atoms with Crippen LogP contribution in [0.4, 0.5) is 8.78 Å². The van der Waals surface area contributed by atoms with E-state index in [9.17, 15) is 26.8 Å². The lowest BCUT2D eigenvalue weighted by molar-refractivity contribution is -0.153. The molecule has 1 aromatic carbocycles. The van der Waals surface area contributed by atoms with Crippen molar-refractivity contribution in [1.29, 1.82) is 0 Å². The molecule has 0 aliphatic carbocycles. The number of halogens is 5. The van der Waals surface area contributed by atoms with E-state index < -0.39 is 40.3 Å². The van der Waals surface area contributed by atoms with Gasteiger partial charge in [0.25, 0.3) is 21.9 Å². The van der Waals surface area contributed by atoms with Gasteiger partial charge in [-0.15, -0.1) is 0 Å². The van der Waals surface area contributed by atoms with Crippen molar-refractivity contribution in [2.75, 3.05) is 18.9 Å². The Hall–Kier alpha value is 0.120. The normalized spacial score (nSPS) is 11.9. The molecule has 1 rings (SSSR count). The fourth-order valence-corrected chi connectivity index (χ4v) is 4.68. The summed E-state index contributed by atoms with van der Waals surface area (Å²) in [6, 6.07) is 3.57. The number of hydrogen-bond acceptors (Lipinski definition) is 5. The molecule has 0 radical (unpaired) electrons. The predicted octanol–water partition coefficient (Wildman–Crippen LogP) is 2.69. The quantitative estimate of drug-likeness (QED) is 0.185. The number of hydrogen-bond donors (Lipinski definition) is 2. The van der Waals surface area contributed by atoms with Crippen LogP contribution >= 0.6 is 67.8 Å². The lowest BCUT2D eigenvalue weighted by atomic mass is 10.2. The summed E-state index contributed by atoms with van der Waals surface area (Å²) in [5, 5.41) is 2.49. The molecule has 26 heavy (non-hydrogen) atoms. The first kappa shape index (κ1) is 24.2. The van der Waals surface area contributed by atoms with Crippen molar-refractivity contribution in [3.8, 4) is 0 Å². The van der Waals surface area contributed by atoms with E-state index in [0.29, 0.717) is 5.56 Å². The first-order valence-corrected chi connectivity index (χ1v) is 11.6. The fraction of sp³-hybridized carbons (Fsp3) is 0.385. The molecule has 2 N–H and O–H groups in total. The molecule has 0 aromatic heterocycles. The molecule has 0 aliphatic heterocycles. The largest absolute Gasteiger partial charge is 0.459 e. The molecule has 0 heterocycles. The van der Waals surface area contributed by atoms with Gasteiger partial charge in [0.15, 0.2) is 6.61 Å². The lowest BCUT2D eigenvalue weighted by Gasteiger charge is -2.14. The van der Waals surface area contributed by atoms with E-state index in [1.807, 2.05) is 28.7 Å². The van der Waals surface area contributed by atoms with Crippen molar-refractivity contribution in [3.05, 3.63) is 28.4 Å². The van der Waals surface area contributed by atoms with Crippen LogP contribution in [0, 0.1) is 10.7 Å². The van der Waals surface area contributed by atoms with Crippen LogP contribution in [-0.4, -0.2) is 49.7 Å². The molecule has 0 atom stereocenters. The van der Waals surface area contributed by atoms with Gasteiger partial charge in [-0.2, -0.15) is 8.42 Å². The number of rotatable bonds is 8. The Bertz CT molecular complexity index is 803. The van der Waals surface area contributed by atoms with E-state index in [0.717, 1.165) is 10.7 Å². The van der Waals surface area contributed by atoms with E-state index in [-0.39, 0.29) is 13.0 Å². The van der Waals surface area contributed by atoms with Gasteiger partial charge >= 0.3 is 5.97 Å². The third kappa shape index (κ3) is 8.87. The van der Waals surface area contributed by atoms with Crippen LogP contribution in [0.5, 0.6) is 0 Å². The van der Waals surface area contributed by atoms with Gasteiger partial charge in [-0.05, 0) is 79.9 Å². The smallest absolute Gasteiger partial charge is 0.307 e. The SMILES string of the molecule is O=C(CCNC(=O)c1cc(I)cc(I)c1I)OCC(F)(F)CS(=O)(=O)O. The maximum atomic E-state index is 13.2. The summed E-state index contributed by atoms with van der Waals surface area (Å²) >= 11 is 6.17. The molecular formula is C13H12F2I3NO6S. The minimum Gasteiger partial charge on any atom is -0.459 e. The Morgan fingerprint density at radius 1 is 1.23 bits per heavy atom. The molecule has 0 aliphatic rings. The molecule has 0 fully saturated rings. The number of amides is 1. The molecule has 0 saturated heterocycles. The number of carbonyl (C=O) groups is 2. The van der Waals surface area contributed by atoms with Crippen molar-refractivity contribution >= 4 is 89.8 Å². The maximum absolute atomic E-state index is 13.2. The van der Waals surface area contributed by atoms with Crippen LogP contribution < -0.4 is 5.32 Å². The highest BCUT2D eigenvalue weighted by Gasteiger charge is 2.36. The van der Waals surface area contributed by atoms with Gasteiger partial charge in [-0.3, -0.25) is 14.1 Å². The number of carbonyl (C=O) groups excluding carboxylic acids is 2. The zero-order chi connectivity index (χ0) is 20.1. The number of ether oxygens (including phenoxy) is 1. The number of esters is 1. The summed E-state index contributed by atoms with van der Waals surface area (Å²) in [5.74, 6) is -7.20. The standard InChI is InChI=1S/C13H12F2I3NO6S/c14-13(15,6-26(22,23)24)5-25-10(20)1-2-19-12(21)8-3-7(16)4-9(17)11(8)18/h3-4H,1-2,5-6H2,(H,19,21)(H,22,23,24). The van der Waals surface area contributed by atoms with E-state index in [1.54, 1.807) is 6.07 Å². The second kappa shape index (κ2) is 10.1. The van der Waals surface area contributed by atoms with E-state index in [4.69, 9.17) is 4.55 Å². The molecule has 146 valence electrons. The van der Waals surface area contributed by atoms with Gasteiger partial charge < -0.3 is 10.1 Å². The Labute approximate surface area is 189 Å². The first-order valence-electron chi connectivity index (χ1n) is 6.72. The van der Waals surface area contributed by atoms with E-state index in [2.05, 4.69) is 55.2 Å². The van der Waals surface area contributed by atoms with Gasteiger partial charge in [0, 0.05) is 17.3 Å². The first-order chi connectivity index (χ1) is 11.8. The highest BCUT2D eigenvalue weighted by atomic mass is 127.